The molecule has 1 aliphatic heterocycles. The third kappa shape index (κ3) is 5.22. The monoisotopic (exact) mass is 368 g/mol. The van der Waals surface area contributed by atoms with Crippen molar-refractivity contribution in [1.82, 2.24) is 5.32 Å². The molecule has 9 nitrogen and oxygen atoms in total. The third-order valence-electron chi connectivity index (χ3n) is 3.72. The number of hydrogen-bond donors (Lipinski definition) is 1. The molecule has 1 fully saturated rings. The zero-order valence-corrected chi connectivity index (χ0v) is 15.3. The van der Waals surface area contributed by atoms with Crippen LogP contribution in [0.2, 0.25) is 0 Å². The van der Waals surface area contributed by atoms with Gasteiger partial charge < -0.3 is 24.3 Å². The van der Waals surface area contributed by atoms with E-state index < -0.39 is 16.6 Å². The van der Waals surface area contributed by atoms with Crippen molar-refractivity contribution in [2.45, 2.75) is 32.4 Å². The van der Waals surface area contributed by atoms with E-state index in [1.54, 1.807) is 26.8 Å². The summed E-state index contributed by atoms with van der Waals surface area (Å²) in [6, 6.07) is 4.32. The largest absolute Gasteiger partial charge is 0.490 e. The minimum absolute atomic E-state index is 0.109. The second-order valence-electron chi connectivity index (χ2n) is 6.93. The summed E-state index contributed by atoms with van der Waals surface area (Å²) in [4.78, 5) is 22.7. The maximum absolute atomic E-state index is 11.9. The number of methoxy groups -OCH3 is 1. The Labute approximate surface area is 151 Å². The third-order valence-corrected chi connectivity index (χ3v) is 3.72. The van der Waals surface area contributed by atoms with Crippen LogP contribution in [0.15, 0.2) is 18.2 Å². The zero-order valence-electron chi connectivity index (χ0n) is 15.3. The lowest BCUT2D eigenvalue weighted by molar-refractivity contribution is -0.386. The van der Waals surface area contributed by atoms with Crippen LogP contribution in [0.3, 0.4) is 0 Å². The van der Waals surface area contributed by atoms with Crippen LogP contribution in [0.5, 0.6) is 11.5 Å². The molecule has 1 N–H and O–H groups in total. The zero-order chi connectivity index (χ0) is 19.3. The molecule has 2 atom stereocenters. The van der Waals surface area contributed by atoms with Crippen LogP contribution in [-0.2, 0) is 9.47 Å². The van der Waals surface area contributed by atoms with Gasteiger partial charge in [0, 0.05) is 5.92 Å². The Bertz CT molecular complexity index is 657. The van der Waals surface area contributed by atoms with Gasteiger partial charge in [0.1, 0.15) is 5.60 Å². The van der Waals surface area contributed by atoms with Gasteiger partial charge in [0.2, 0.25) is 11.5 Å². The smallest absolute Gasteiger partial charge is 0.407 e. The highest BCUT2D eigenvalue weighted by Crippen LogP contribution is 2.36. The second kappa shape index (κ2) is 8.22. The topological polar surface area (TPSA) is 109 Å². The fraction of sp³-hybridized carbons (Fsp3) is 0.588. The van der Waals surface area contributed by atoms with E-state index >= 15 is 0 Å². The minimum atomic E-state index is -0.600. The number of ether oxygens (including phenoxy) is 4. The summed E-state index contributed by atoms with van der Waals surface area (Å²) in [6.45, 7) is 6.18. The van der Waals surface area contributed by atoms with Crippen molar-refractivity contribution in [3.63, 3.8) is 0 Å². The van der Waals surface area contributed by atoms with E-state index in [-0.39, 0.29) is 35.8 Å². The number of nitrogens with one attached hydrogen (secondary N) is 1. The average molecular weight is 368 g/mol. The summed E-state index contributed by atoms with van der Waals surface area (Å²) < 4.78 is 21.3. The van der Waals surface area contributed by atoms with Gasteiger partial charge in [-0.15, -0.1) is 0 Å². The van der Waals surface area contributed by atoms with Gasteiger partial charge in [-0.05, 0) is 32.9 Å². The van der Waals surface area contributed by atoms with Crippen molar-refractivity contribution in [3.8, 4) is 11.5 Å². The molecular formula is C17H24N2O7. The Morgan fingerprint density at radius 3 is 2.65 bits per heavy atom. The maximum atomic E-state index is 11.9. The average Bonchev–Trinajstić information content (AvgIpc) is 2.97. The number of para-hydroxylation sites is 1. The number of carbonyl (C=O) groups excluding carboxylic acids is 1. The van der Waals surface area contributed by atoms with Crippen LogP contribution < -0.4 is 14.8 Å². The molecule has 2 unspecified atom stereocenters. The van der Waals surface area contributed by atoms with Crippen molar-refractivity contribution in [1.29, 1.82) is 0 Å². The predicted octanol–water partition coefficient (Wildman–Crippen LogP) is 2.52. The van der Waals surface area contributed by atoms with Gasteiger partial charge in [-0.2, -0.15) is 0 Å². The highest BCUT2D eigenvalue weighted by atomic mass is 16.6. The summed E-state index contributed by atoms with van der Waals surface area (Å²) in [5.74, 6) is 0.0733. The molecule has 1 saturated heterocycles. The summed E-state index contributed by atoms with van der Waals surface area (Å²) in [7, 11) is 1.36. The lowest BCUT2D eigenvalue weighted by Crippen LogP contribution is -2.44. The predicted molar refractivity (Wildman–Crippen MR) is 92.6 cm³/mol. The van der Waals surface area contributed by atoms with E-state index in [0.29, 0.717) is 13.2 Å². The summed E-state index contributed by atoms with van der Waals surface area (Å²) in [6.07, 6.45) is -0.537. The molecule has 1 aromatic carbocycles. The Balaban J connectivity index is 2.00. The maximum Gasteiger partial charge on any atom is 0.407 e. The standard InChI is InChI=1S/C17H24N2O7/c1-17(2,3)26-16(20)18-12-10-24-8-11(12)9-25-14-7-5-6-13(23-4)15(14)19(21)22/h5-7,11-12H,8-10H2,1-4H3,(H,18,20). The van der Waals surface area contributed by atoms with Gasteiger partial charge in [0.05, 0.1) is 37.9 Å². The Morgan fingerprint density at radius 1 is 1.35 bits per heavy atom. The minimum Gasteiger partial charge on any atom is -0.490 e. The van der Waals surface area contributed by atoms with Crippen molar-refractivity contribution in [2.75, 3.05) is 26.9 Å². The quantitative estimate of drug-likeness (QED) is 0.607. The summed E-state index contributed by atoms with van der Waals surface area (Å²) in [5.41, 5.74) is -0.831. The number of hydrogen-bond acceptors (Lipinski definition) is 7. The van der Waals surface area contributed by atoms with Gasteiger partial charge in [-0.3, -0.25) is 10.1 Å². The van der Waals surface area contributed by atoms with Crippen molar-refractivity contribution in [3.05, 3.63) is 28.3 Å². The molecule has 2 rings (SSSR count). The molecule has 0 bridgehead atoms. The Kier molecular flexibility index (Phi) is 6.25. The highest BCUT2D eigenvalue weighted by molar-refractivity contribution is 5.68. The lowest BCUT2D eigenvalue weighted by Gasteiger charge is -2.23. The van der Waals surface area contributed by atoms with Crippen LogP contribution in [0.25, 0.3) is 0 Å². The van der Waals surface area contributed by atoms with Crippen molar-refractivity contribution in [2.24, 2.45) is 5.92 Å². The van der Waals surface area contributed by atoms with Crippen LogP contribution >= 0.6 is 0 Å². The molecule has 0 aliphatic carbocycles. The molecule has 0 aromatic heterocycles. The first-order chi connectivity index (χ1) is 12.2. The van der Waals surface area contributed by atoms with Gasteiger partial charge in [0.15, 0.2) is 0 Å². The molecule has 1 amide bonds. The Morgan fingerprint density at radius 2 is 2.04 bits per heavy atom. The van der Waals surface area contributed by atoms with Gasteiger partial charge in [-0.1, -0.05) is 6.07 Å². The molecule has 144 valence electrons. The van der Waals surface area contributed by atoms with Gasteiger partial charge in [-0.25, -0.2) is 4.79 Å². The normalized spacial score (nSPS) is 19.7. The van der Waals surface area contributed by atoms with E-state index in [2.05, 4.69) is 5.32 Å². The first-order valence-electron chi connectivity index (χ1n) is 8.22. The molecule has 9 heteroatoms. The Hall–Kier alpha value is -2.55. The van der Waals surface area contributed by atoms with Crippen LogP contribution in [-0.4, -0.2) is 49.6 Å². The number of amides is 1. The molecule has 1 aliphatic rings. The fourth-order valence-electron chi connectivity index (χ4n) is 2.54. The number of alkyl carbamates (subject to hydrolysis) is 1. The van der Waals surface area contributed by atoms with Crippen LogP contribution in [0.4, 0.5) is 10.5 Å². The number of nitro benzene ring substituents is 1. The fourth-order valence-corrected chi connectivity index (χ4v) is 2.54. The summed E-state index contributed by atoms with van der Waals surface area (Å²) >= 11 is 0. The van der Waals surface area contributed by atoms with E-state index in [4.69, 9.17) is 18.9 Å². The van der Waals surface area contributed by atoms with E-state index in [1.807, 2.05) is 0 Å². The van der Waals surface area contributed by atoms with Crippen molar-refractivity contribution < 1.29 is 28.7 Å². The number of nitro groups is 1. The number of carbonyl (C=O) groups is 1. The second-order valence-corrected chi connectivity index (χ2v) is 6.93. The van der Waals surface area contributed by atoms with Crippen molar-refractivity contribution >= 4 is 11.8 Å². The molecule has 0 saturated carbocycles. The van der Waals surface area contributed by atoms with Crippen LogP contribution in [0.1, 0.15) is 20.8 Å². The number of rotatable bonds is 6. The molecule has 0 radical (unpaired) electrons. The molecule has 1 aromatic rings. The molecule has 1 heterocycles. The van der Waals surface area contributed by atoms with E-state index in [1.165, 1.54) is 19.2 Å². The number of benzene rings is 1. The summed E-state index contributed by atoms with van der Waals surface area (Å²) in [5, 5.41) is 14.0. The first-order valence-corrected chi connectivity index (χ1v) is 8.22. The SMILES string of the molecule is COc1cccc(OCC2COCC2NC(=O)OC(C)(C)C)c1[N+](=O)[O-]. The molecule has 0 spiro atoms. The van der Waals surface area contributed by atoms with E-state index in [9.17, 15) is 14.9 Å². The van der Waals surface area contributed by atoms with Gasteiger partial charge in [0.25, 0.3) is 0 Å². The van der Waals surface area contributed by atoms with Crippen LogP contribution in [0, 0.1) is 16.0 Å². The molecular weight excluding hydrogens is 344 g/mol. The van der Waals surface area contributed by atoms with Gasteiger partial charge >= 0.3 is 11.8 Å². The van der Waals surface area contributed by atoms with E-state index in [0.717, 1.165) is 0 Å². The first kappa shape index (κ1) is 19.8. The highest BCUT2D eigenvalue weighted by Gasteiger charge is 2.32. The molecule has 26 heavy (non-hydrogen) atoms. The number of nitrogens with zero attached hydrogens (tertiary/aromatic N) is 1. The lowest BCUT2D eigenvalue weighted by atomic mass is 10.1.